The molecule has 2 aliphatic heterocycles. The lowest BCUT2D eigenvalue weighted by Gasteiger charge is -2.39. The van der Waals surface area contributed by atoms with Gasteiger partial charge in [0.2, 0.25) is 6.79 Å². The zero-order valence-electron chi connectivity index (χ0n) is 11.9. The molecule has 2 aliphatic rings. The van der Waals surface area contributed by atoms with E-state index in [9.17, 15) is 18.0 Å². The number of ether oxygens (including phenoxy) is 2. The van der Waals surface area contributed by atoms with Crippen LogP contribution in [0, 0.1) is 0 Å². The highest BCUT2D eigenvalue weighted by Gasteiger charge is 2.47. The zero-order chi connectivity index (χ0) is 16.8. The Labute approximate surface area is 135 Å². The lowest BCUT2D eigenvalue weighted by atomic mass is 9.97. The number of likely N-dealkylation sites (tertiary alicyclic amines) is 1. The summed E-state index contributed by atoms with van der Waals surface area (Å²) in [5, 5.41) is 0.119. The number of rotatable bonds is 1. The second kappa shape index (κ2) is 5.76. The number of nitrogens with zero attached hydrogens (tertiary/aromatic N) is 1. The number of hydrogen-bond donors (Lipinski definition) is 1. The Bertz CT molecular complexity index is 638. The summed E-state index contributed by atoms with van der Waals surface area (Å²) in [6.07, 6.45) is -4.50. The van der Waals surface area contributed by atoms with Gasteiger partial charge in [-0.05, 0) is 25.0 Å². The van der Waals surface area contributed by atoms with E-state index >= 15 is 0 Å². The number of halogens is 4. The first-order valence-electron chi connectivity index (χ1n) is 7.00. The van der Waals surface area contributed by atoms with Crippen molar-refractivity contribution in [1.29, 1.82) is 0 Å². The number of nitrogens with two attached hydrogens (primary N) is 1. The van der Waals surface area contributed by atoms with Crippen molar-refractivity contribution in [3.63, 3.8) is 0 Å². The lowest BCUT2D eigenvalue weighted by molar-refractivity contribution is -0.184. The molecule has 1 fully saturated rings. The fraction of sp³-hybridized carbons (Fsp3) is 0.500. The van der Waals surface area contributed by atoms with Crippen molar-refractivity contribution in [3.8, 4) is 11.5 Å². The first-order chi connectivity index (χ1) is 10.8. The topological polar surface area (TPSA) is 64.8 Å². The summed E-state index contributed by atoms with van der Waals surface area (Å²) >= 11 is 5.99. The van der Waals surface area contributed by atoms with Gasteiger partial charge < -0.3 is 20.1 Å². The minimum Gasteiger partial charge on any atom is -0.454 e. The van der Waals surface area contributed by atoms with Gasteiger partial charge in [-0.2, -0.15) is 13.2 Å². The molecule has 0 aliphatic carbocycles. The molecule has 0 unspecified atom stereocenters. The zero-order valence-corrected chi connectivity index (χ0v) is 12.7. The highest BCUT2D eigenvalue weighted by Crippen LogP contribution is 2.41. The average molecular weight is 351 g/mol. The molecule has 1 aromatic rings. The molecule has 0 saturated carbocycles. The highest BCUT2D eigenvalue weighted by atomic mass is 35.5. The number of carbonyl (C=O) groups is 1. The minimum atomic E-state index is -4.50. The second-order valence-corrected chi connectivity index (χ2v) is 5.95. The number of benzene rings is 1. The van der Waals surface area contributed by atoms with E-state index in [2.05, 4.69) is 0 Å². The van der Waals surface area contributed by atoms with Gasteiger partial charge in [0.25, 0.3) is 5.91 Å². The van der Waals surface area contributed by atoms with E-state index in [1.165, 1.54) is 12.1 Å². The summed E-state index contributed by atoms with van der Waals surface area (Å²) in [5.74, 6) is -0.251. The third-order valence-electron chi connectivity index (χ3n) is 3.93. The SMILES string of the molecule is N[C@H]1CC[C@H](C(F)(F)F)N(C(=O)c2cc(Cl)c3c(c2)OCO3)C1. The van der Waals surface area contributed by atoms with Crippen LogP contribution in [0.3, 0.4) is 0 Å². The maximum absolute atomic E-state index is 13.2. The van der Waals surface area contributed by atoms with Gasteiger partial charge in [-0.25, -0.2) is 0 Å². The van der Waals surface area contributed by atoms with Crippen molar-refractivity contribution in [2.75, 3.05) is 13.3 Å². The molecule has 1 aromatic carbocycles. The lowest BCUT2D eigenvalue weighted by Crippen LogP contribution is -2.56. The second-order valence-electron chi connectivity index (χ2n) is 5.54. The number of hydrogen-bond acceptors (Lipinski definition) is 4. The molecular formula is C14H14ClF3N2O3. The van der Waals surface area contributed by atoms with Gasteiger partial charge in [0.15, 0.2) is 11.5 Å². The molecule has 0 bridgehead atoms. The average Bonchev–Trinajstić information content (AvgIpc) is 2.94. The molecular weight excluding hydrogens is 337 g/mol. The van der Waals surface area contributed by atoms with Gasteiger partial charge in [-0.3, -0.25) is 4.79 Å². The normalized spacial score (nSPS) is 24.0. The van der Waals surface area contributed by atoms with Crippen LogP contribution in [0.25, 0.3) is 0 Å². The molecule has 0 spiro atoms. The van der Waals surface area contributed by atoms with E-state index < -0.39 is 24.2 Å². The van der Waals surface area contributed by atoms with Crippen LogP contribution in [-0.4, -0.2) is 42.4 Å². The third kappa shape index (κ3) is 3.05. The third-order valence-corrected chi connectivity index (χ3v) is 4.21. The summed E-state index contributed by atoms with van der Waals surface area (Å²) in [4.78, 5) is 13.3. The van der Waals surface area contributed by atoms with E-state index in [0.717, 1.165) is 4.90 Å². The predicted molar refractivity (Wildman–Crippen MR) is 75.7 cm³/mol. The van der Waals surface area contributed by atoms with E-state index in [4.69, 9.17) is 26.8 Å². The molecule has 9 heteroatoms. The fourth-order valence-corrected chi connectivity index (χ4v) is 3.09. The van der Waals surface area contributed by atoms with Gasteiger partial charge in [0.05, 0.1) is 5.02 Å². The molecule has 2 N–H and O–H groups in total. The van der Waals surface area contributed by atoms with Crippen molar-refractivity contribution in [2.24, 2.45) is 5.73 Å². The monoisotopic (exact) mass is 350 g/mol. The maximum atomic E-state index is 13.2. The van der Waals surface area contributed by atoms with Crippen LogP contribution in [0.5, 0.6) is 11.5 Å². The molecule has 0 aromatic heterocycles. The maximum Gasteiger partial charge on any atom is 0.408 e. The Kier molecular flexibility index (Phi) is 4.05. The minimum absolute atomic E-state index is 0.0163. The largest absolute Gasteiger partial charge is 0.454 e. The predicted octanol–water partition coefficient (Wildman–Crippen LogP) is 2.56. The first-order valence-corrected chi connectivity index (χ1v) is 7.37. The van der Waals surface area contributed by atoms with Crippen LogP contribution in [0.2, 0.25) is 5.02 Å². The van der Waals surface area contributed by atoms with Gasteiger partial charge in [-0.1, -0.05) is 11.6 Å². The number of piperidine rings is 1. The quantitative estimate of drug-likeness (QED) is 0.845. The van der Waals surface area contributed by atoms with Crippen LogP contribution in [0.15, 0.2) is 12.1 Å². The van der Waals surface area contributed by atoms with Crippen molar-refractivity contribution < 1.29 is 27.4 Å². The van der Waals surface area contributed by atoms with Crippen LogP contribution < -0.4 is 15.2 Å². The van der Waals surface area contributed by atoms with Crippen molar-refractivity contribution >= 4 is 17.5 Å². The molecule has 1 saturated heterocycles. The molecule has 2 atom stereocenters. The summed E-state index contributed by atoms with van der Waals surface area (Å²) < 4.78 is 49.8. The molecule has 126 valence electrons. The smallest absolute Gasteiger partial charge is 0.408 e. The van der Waals surface area contributed by atoms with Crippen LogP contribution in [0.4, 0.5) is 13.2 Å². The van der Waals surface area contributed by atoms with Crippen molar-refractivity contribution in [2.45, 2.75) is 31.1 Å². The molecule has 3 rings (SSSR count). The number of alkyl halides is 3. The fourth-order valence-electron chi connectivity index (χ4n) is 2.82. The number of amides is 1. The van der Waals surface area contributed by atoms with Crippen LogP contribution in [-0.2, 0) is 0 Å². The van der Waals surface area contributed by atoms with Gasteiger partial charge in [0.1, 0.15) is 6.04 Å². The Hall–Kier alpha value is -1.67. The van der Waals surface area contributed by atoms with Gasteiger partial charge >= 0.3 is 6.18 Å². The van der Waals surface area contributed by atoms with E-state index in [1.54, 1.807) is 0 Å². The Morgan fingerprint density at radius 1 is 1.30 bits per heavy atom. The van der Waals surface area contributed by atoms with Crippen molar-refractivity contribution in [1.82, 2.24) is 4.90 Å². The Morgan fingerprint density at radius 3 is 2.74 bits per heavy atom. The highest BCUT2D eigenvalue weighted by molar-refractivity contribution is 6.32. The first kappa shape index (κ1) is 16.2. The van der Waals surface area contributed by atoms with Gasteiger partial charge in [0, 0.05) is 18.2 Å². The van der Waals surface area contributed by atoms with E-state index in [0.29, 0.717) is 0 Å². The van der Waals surface area contributed by atoms with Crippen LogP contribution >= 0.6 is 11.6 Å². The molecule has 0 radical (unpaired) electrons. The van der Waals surface area contributed by atoms with E-state index in [1.807, 2.05) is 0 Å². The Morgan fingerprint density at radius 2 is 2.04 bits per heavy atom. The summed E-state index contributed by atoms with van der Waals surface area (Å²) in [6.45, 7) is -0.207. The summed E-state index contributed by atoms with van der Waals surface area (Å²) in [6, 6.07) is 0.288. The number of carbonyl (C=O) groups excluding carboxylic acids is 1. The number of fused-ring (bicyclic) bond motifs is 1. The summed E-state index contributed by atoms with van der Waals surface area (Å²) in [5.41, 5.74) is 5.75. The van der Waals surface area contributed by atoms with Crippen LogP contribution in [0.1, 0.15) is 23.2 Å². The molecule has 2 heterocycles. The molecule has 5 nitrogen and oxygen atoms in total. The van der Waals surface area contributed by atoms with Gasteiger partial charge in [-0.15, -0.1) is 0 Å². The standard InChI is InChI=1S/C14H14ClF3N2O3/c15-9-3-7(4-10-12(9)23-6-22-10)13(21)20-5-8(19)1-2-11(20)14(16,17)18/h3-4,8,11H,1-2,5-6,19H2/t8-,11+/m0/s1. The molecule has 1 amide bonds. The van der Waals surface area contributed by atoms with E-state index in [-0.39, 0.29) is 48.3 Å². The summed E-state index contributed by atoms with van der Waals surface area (Å²) in [7, 11) is 0. The Balaban J connectivity index is 1.93. The van der Waals surface area contributed by atoms with Crippen molar-refractivity contribution in [3.05, 3.63) is 22.7 Å². The molecule has 23 heavy (non-hydrogen) atoms.